The molecule has 0 aliphatic heterocycles. The van der Waals surface area contributed by atoms with E-state index in [1.807, 2.05) is 0 Å². The van der Waals surface area contributed by atoms with Crippen molar-refractivity contribution in [2.24, 2.45) is 5.92 Å². The smallest absolute Gasteiger partial charge is 0.129 e. The van der Waals surface area contributed by atoms with Crippen LogP contribution in [0.15, 0.2) is 0 Å². The lowest BCUT2D eigenvalue weighted by molar-refractivity contribution is -0.117. The van der Waals surface area contributed by atoms with Gasteiger partial charge in [0, 0.05) is 13.0 Å². The highest BCUT2D eigenvalue weighted by Crippen LogP contribution is 2.27. The molecule has 1 aliphatic rings. The fourth-order valence-corrected chi connectivity index (χ4v) is 2.13. The number of Topliss-reactive ketones (excluding diaryl/α,β-unsaturated/α-hetero) is 1. The third-order valence-corrected chi connectivity index (χ3v) is 3.44. The lowest BCUT2D eigenvalue weighted by Gasteiger charge is -2.31. The zero-order chi connectivity index (χ0) is 11.1. The molecule has 15 heavy (non-hydrogen) atoms. The first-order valence-electron chi connectivity index (χ1n) is 6.44. The summed E-state index contributed by atoms with van der Waals surface area (Å²) >= 11 is 0. The monoisotopic (exact) mass is 211 g/mol. The number of carbonyl (C=O) groups is 1. The van der Waals surface area contributed by atoms with Gasteiger partial charge in [0.05, 0.1) is 0 Å². The Morgan fingerprint density at radius 1 is 1.33 bits per heavy atom. The van der Waals surface area contributed by atoms with Gasteiger partial charge in [-0.2, -0.15) is 0 Å². The van der Waals surface area contributed by atoms with Crippen molar-refractivity contribution in [1.29, 1.82) is 0 Å². The highest BCUT2D eigenvalue weighted by Gasteiger charge is 2.19. The Kier molecular flexibility index (Phi) is 5.92. The van der Waals surface area contributed by atoms with Crippen LogP contribution in [-0.4, -0.2) is 30.3 Å². The number of carbonyl (C=O) groups excluding carboxylic acids is 1. The van der Waals surface area contributed by atoms with Crippen LogP contribution in [0.2, 0.25) is 0 Å². The summed E-state index contributed by atoms with van der Waals surface area (Å²) in [6.45, 7) is 7.56. The second-order valence-corrected chi connectivity index (χ2v) is 4.85. The van der Waals surface area contributed by atoms with E-state index in [-0.39, 0.29) is 0 Å². The maximum atomic E-state index is 10.8. The van der Waals surface area contributed by atoms with Gasteiger partial charge in [-0.3, -0.25) is 0 Å². The molecule has 0 atom stereocenters. The summed E-state index contributed by atoms with van der Waals surface area (Å²) in [7, 11) is 0. The molecule has 0 unspecified atom stereocenters. The van der Waals surface area contributed by atoms with Crippen LogP contribution in [0.1, 0.15) is 52.4 Å². The fourth-order valence-electron chi connectivity index (χ4n) is 2.13. The van der Waals surface area contributed by atoms with Gasteiger partial charge in [0.2, 0.25) is 0 Å². The van der Waals surface area contributed by atoms with E-state index < -0.39 is 0 Å². The molecule has 1 saturated carbocycles. The van der Waals surface area contributed by atoms with E-state index in [2.05, 4.69) is 11.8 Å². The van der Waals surface area contributed by atoms with Crippen molar-refractivity contribution >= 4 is 5.78 Å². The van der Waals surface area contributed by atoms with Gasteiger partial charge in [0.15, 0.2) is 0 Å². The maximum Gasteiger partial charge on any atom is 0.129 e. The Balaban J connectivity index is 2.02. The van der Waals surface area contributed by atoms with E-state index in [0.29, 0.717) is 5.78 Å². The highest BCUT2D eigenvalue weighted by atomic mass is 16.1. The third kappa shape index (κ3) is 5.31. The van der Waals surface area contributed by atoms with Gasteiger partial charge >= 0.3 is 0 Å². The molecule has 1 aliphatic carbocycles. The molecular formula is C13H25NO. The highest BCUT2D eigenvalue weighted by molar-refractivity contribution is 5.75. The van der Waals surface area contributed by atoms with E-state index in [1.165, 1.54) is 38.8 Å². The second-order valence-electron chi connectivity index (χ2n) is 4.85. The Bertz CT molecular complexity index is 187. The van der Waals surface area contributed by atoms with Crippen molar-refractivity contribution in [3.63, 3.8) is 0 Å². The molecule has 0 aromatic heterocycles. The van der Waals surface area contributed by atoms with Gasteiger partial charge in [-0.25, -0.2) is 0 Å². The molecule has 0 aromatic carbocycles. The molecule has 0 radical (unpaired) electrons. The van der Waals surface area contributed by atoms with Crippen molar-refractivity contribution in [1.82, 2.24) is 4.90 Å². The lowest BCUT2D eigenvalue weighted by atomic mass is 9.85. The summed E-state index contributed by atoms with van der Waals surface area (Å²) in [6, 6.07) is 0. The van der Waals surface area contributed by atoms with Gasteiger partial charge in [-0.1, -0.05) is 13.3 Å². The van der Waals surface area contributed by atoms with Crippen molar-refractivity contribution in [3.05, 3.63) is 0 Å². The first kappa shape index (κ1) is 12.7. The van der Waals surface area contributed by atoms with E-state index >= 15 is 0 Å². The van der Waals surface area contributed by atoms with E-state index in [9.17, 15) is 4.79 Å². The Hall–Kier alpha value is -0.370. The molecule has 0 spiro atoms. The van der Waals surface area contributed by atoms with Crippen LogP contribution >= 0.6 is 0 Å². The number of hydrogen-bond donors (Lipinski definition) is 0. The summed E-state index contributed by atoms with van der Waals surface area (Å²) in [5, 5.41) is 0. The quantitative estimate of drug-likeness (QED) is 0.575. The standard InChI is InChI=1S/C13H25NO/c1-3-14(11-13-8-6-9-13)10-5-4-7-12(2)15/h13H,3-11H2,1-2H3. The average molecular weight is 211 g/mol. The van der Waals surface area contributed by atoms with Gasteiger partial charge in [-0.05, 0) is 51.6 Å². The molecule has 2 nitrogen and oxygen atoms in total. The van der Waals surface area contributed by atoms with Crippen LogP contribution in [0.3, 0.4) is 0 Å². The SMILES string of the molecule is CCN(CCCCC(C)=O)CC1CCC1. The normalized spacial score (nSPS) is 16.7. The molecule has 1 rings (SSSR count). The minimum atomic E-state index is 0.331. The molecule has 0 N–H and O–H groups in total. The van der Waals surface area contributed by atoms with Crippen LogP contribution in [0, 0.1) is 5.92 Å². The zero-order valence-electron chi connectivity index (χ0n) is 10.3. The fraction of sp³-hybridized carbons (Fsp3) is 0.923. The second kappa shape index (κ2) is 7.00. The lowest BCUT2D eigenvalue weighted by Crippen LogP contribution is -2.33. The summed E-state index contributed by atoms with van der Waals surface area (Å²) in [5.74, 6) is 1.30. The molecule has 0 aromatic rings. The number of hydrogen-bond acceptors (Lipinski definition) is 2. The largest absolute Gasteiger partial charge is 0.303 e. The van der Waals surface area contributed by atoms with Crippen molar-refractivity contribution in [3.8, 4) is 0 Å². The van der Waals surface area contributed by atoms with Crippen LogP contribution in [0.25, 0.3) is 0 Å². The molecule has 2 heteroatoms. The average Bonchev–Trinajstić information content (AvgIpc) is 2.13. The summed E-state index contributed by atoms with van der Waals surface area (Å²) in [4.78, 5) is 13.3. The van der Waals surface area contributed by atoms with Crippen LogP contribution in [0.4, 0.5) is 0 Å². The third-order valence-electron chi connectivity index (χ3n) is 3.44. The van der Waals surface area contributed by atoms with Crippen molar-refractivity contribution in [2.45, 2.75) is 52.4 Å². The predicted molar refractivity (Wildman–Crippen MR) is 64.0 cm³/mol. The van der Waals surface area contributed by atoms with E-state index in [0.717, 1.165) is 25.3 Å². The topological polar surface area (TPSA) is 20.3 Å². The number of unbranched alkanes of at least 4 members (excludes halogenated alkanes) is 1. The van der Waals surface area contributed by atoms with Crippen LogP contribution < -0.4 is 0 Å². The van der Waals surface area contributed by atoms with Crippen molar-refractivity contribution in [2.75, 3.05) is 19.6 Å². The number of nitrogens with zero attached hydrogens (tertiary/aromatic N) is 1. The first-order valence-corrected chi connectivity index (χ1v) is 6.44. The predicted octanol–water partition coefficient (Wildman–Crippen LogP) is 2.87. The molecule has 1 fully saturated rings. The minimum absolute atomic E-state index is 0.331. The maximum absolute atomic E-state index is 10.8. The summed E-state index contributed by atoms with van der Waals surface area (Å²) in [6.07, 6.45) is 7.32. The van der Waals surface area contributed by atoms with Crippen LogP contribution in [0.5, 0.6) is 0 Å². The molecule has 0 amide bonds. The Morgan fingerprint density at radius 2 is 2.07 bits per heavy atom. The number of ketones is 1. The minimum Gasteiger partial charge on any atom is -0.303 e. The number of rotatable bonds is 8. The van der Waals surface area contributed by atoms with Gasteiger partial charge in [0.25, 0.3) is 0 Å². The van der Waals surface area contributed by atoms with E-state index in [1.54, 1.807) is 6.92 Å². The molecule has 0 saturated heterocycles. The van der Waals surface area contributed by atoms with E-state index in [4.69, 9.17) is 0 Å². The Labute approximate surface area is 94.0 Å². The van der Waals surface area contributed by atoms with Crippen molar-refractivity contribution < 1.29 is 4.79 Å². The summed E-state index contributed by atoms with van der Waals surface area (Å²) in [5.41, 5.74) is 0. The van der Waals surface area contributed by atoms with Crippen LogP contribution in [-0.2, 0) is 4.79 Å². The van der Waals surface area contributed by atoms with Gasteiger partial charge in [-0.15, -0.1) is 0 Å². The molecule has 0 bridgehead atoms. The molecule has 0 heterocycles. The zero-order valence-corrected chi connectivity index (χ0v) is 10.3. The van der Waals surface area contributed by atoms with Gasteiger partial charge in [0.1, 0.15) is 5.78 Å². The Morgan fingerprint density at radius 3 is 2.53 bits per heavy atom. The van der Waals surface area contributed by atoms with Gasteiger partial charge < -0.3 is 9.69 Å². The molecular weight excluding hydrogens is 186 g/mol. The molecule has 88 valence electrons. The first-order chi connectivity index (χ1) is 7.22. The summed E-state index contributed by atoms with van der Waals surface area (Å²) < 4.78 is 0.